The molecule has 0 unspecified atom stereocenters. The molecule has 1 aliphatic heterocycles. The van der Waals surface area contributed by atoms with Gasteiger partial charge in [0.25, 0.3) is 0 Å². The number of amides is 2. The predicted octanol–water partition coefficient (Wildman–Crippen LogP) is 3.29. The normalized spacial score (nSPS) is 17.1. The van der Waals surface area contributed by atoms with Gasteiger partial charge in [0.2, 0.25) is 11.8 Å². The topological polar surface area (TPSA) is 62.6 Å². The zero-order chi connectivity index (χ0) is 17.8. The summed E-state index contributed by atoms with van der Waals surface area (Å²) in [5.41, 5.74) is 0.924. The lowest BCUT2D eigenvalue weighted by atomic mass is 10.1. The maximum Gasteiger partial charge on any atom is 0.225 e. The van der Waals surface area contributed by atoms with Crippen molar-refractivity contribution in [1.82, 2.24) is 10.2 Å². The summed E-state index contributed by atoms with van der Waals surface area (Å²) >= 11 is 12.0. The quantitative estimate of drug-likeness (QED) is 0.835. The van der Waals surface area contributed by atoms with E-state index < -0.39 is 0 Å². The third kappa shape index (κ3) is 4.55. The molecule has 0 bridgehead atoms. The Balaban J connectivity index is 1.47. The molecule has 0 saturated carbocycles. The number of hydrogen-bond donors (Lipinski definition) is 1. The summed E-state index contributed by atoms with van der Waals surface area (Å²) in [5.74, 6) is 0.243. The summed E-state index contributed by atoms with van der Waals surface area (Å²) in [6.45, 7) is 1.27. The van der Waals surface area contributed by atoms with Gasteiger partial charge in [0.1, 0.15) is 5.76 Å². The Morgan fingerprint density at radius 1 is 1.32 bits per heavy atom. The van der Waals surface area contributed by atoms with Crippen LogP contribution in [0.2, 0.25) is 10.0 Å². The summed E-state index contributed by atoms with van der Waals surface area (Å²) in [4.78, 5) is 26.0. The third-order valence-corrected chi connectivity index (χ3v) is 4.81. The average molecular weight is 381 g/mol. The fraction of sp³-hybridized carbons (Fsp3) is 0.333. The van der Waals surface area contributed by atoms with Crippen LogP contribution in [0.1, 0.15) is 17.7 Å². The van der Waals surface area contributed by atoms with Gasteiger partial charge in [-0.3, -0.25) is 9.59 Å². The number of hydrogen-bond acceptors (Lipinski definition) is 3. The van der Waals surface area contributed by atoms with Crippen molar-refractivity contribution in [2.45, 2.75) is 19.4 Å². The Morgan fingerprint density at radius 3 is 2.88 bits per heavy atom. The molecule has 5 nitrogen and oxygen atoms in total. The lowest BCUT2D eigenvalue weighted by molar-refractivity contribution is -0.129. The molecule has 0 aliphatic carbocycles. The van der Waals surface area contributed by atoms with Crippen LogP contribution in [0.5, 0.6) is 0 Å². The summed E-state index contributed by atoms with van der Waals surface area (Å²) < 4.78 is 5.26. The minimum absolute atomic E-state index is 0.0303. The van der Waals surface area contributed by atoms with Gasteiger partial charge in [-0.15, -0.1) is 0 Å². The van der Waals surface area contributed by atoms with Crippen molar-refractivity contribution in [2.24, 2.45) is 5.92 Å². The van der Waals surface area contributed by atoms with Crippen molar-refractivity contribution in [3.63, 3.8) is 0 Å². The van der Waals surface area contributed by atoms with Crippen LogP contribution < -0.4 is 5.32 Å². The van der Waals surface area contributed by atoms with Crippen LogP contribution in [0.4, 0.5) is 0 Å². The van der Waals surface area contributed by atoms with Gasteiger partial charge in [0.15, 0.2) is 0 Å². The molecule has 3 rings (SSSR count). The van der Waals surface area contributed by atoms with E-state index in [-0.39, 0.29) is 24.2 Å². The first kappa shape index (κ1) is 17.8. The van der Waals surface area contributed by atoms with Crippen molar-refractivity contribution in [2.75, 3.05) is 13.1 Å². The number of carbonyl (C=O) groups is 2. The van der Waals surface area contributed by atoms with E-state index in [4.69, 9.17) is 27.6 Å². The zero-order valence-corrected chi connectivity index (χ0v) is 15.0. The van der Waals surface area contributed by atoms with Crippen LogP contribution in [0.15, 0.2) is 41.0 Å². The summed E-state index contributed by atoms with van der Waals surface area (Å²) in [5, 5.41) is 4.05. The Hall–Kier alpha value is -1.98. The van der Waals surface area contributed by atoms with Crippen molar-refractivity contribution in [3.05, 3.63) is 58.0 Å². The fourth-order valence-corrected chi connectivity index (χ4v) is 3.38. The second kappa shape index (κ2) is 7.93. The van der Waals surface area contributed by atoms with Gasteiger partial charge in [-0.1, -0.05) is 29.3 Å². The Kier molecular flexibility index (Phi) is 5.66. The minimum atomic E-state index is -0.330. The highest BCUT2D eigenvalue weighted by atomic mass is 35.5. The molecule has 1 aliphatic rings. The van der Waals surface area contributed by atoms with Gasteiger partial charge in [0, 0.05) is 29.6 Å². The Morgan fingerprint density at radius 2 is 2.16 bits per heavy atom. The molecule has 2 aromatic rings. The van der Waals surface area contributed by atoms with E-state index >= 15 is 0 Å². The Bertz CT molecular complexity index is 762. The van der Waals surface area contributed by atoms with Crippen molar-refractivity contribution in [1.29, 1.82) is 0 Å². The van der Waals surface area contributed by atoms with Gasteiger partial charge >= 0.3 is 0 Å². The number of rotatable bonds is 6. The molecular formula is C18H18Cl2N2O3. The standard InChI is InChI=1S/C18H18Cl2N2O3/c19-14-4-3-12(16(20)9-14)5-6-21-18(24)13-8-17(23)22(10-13)11-15-2-1-7-25-15/h1-4,7,9,13H,5-6,8,10-11H2,(H,21,24)/t13-/m1/s1. The van der Waals surface area contributed by atoms with E-state index in [1.165, 1.54) is 0 Å². The predicted molar refractivity (Wildman–Crippen MR) is 95.4 cm³/mol. The molecule has 1 fully saturated rings. The largest absolute Gasteiger partial charge is 0.467 e. The summed E-state index contributed by atoms with van der Waals surface area (Å²) in [6, 6.07) is 8.90. The van der Waals surface area contributed by atoms with Gasteiger partial charge in [-0.05, 0) is 36.2 Å². The summed E-state index contributed by atoms with van der Waals surface area (Å²) in [7, 11) is 0. The minimum Gasteiger partial charge on any atom is -0.467 e. The number of nitrogens with zero attached hydrogens (tertiary/aromatic N) is 1. The van der Waals surface area contributed by atoms with Crippen LogP contribution >= 0.6 is 23.2 Å². The van der Waals surface area contributed by atoms with Crippen LogP contribution in [0, 0.1) is 5.92 Å². The average Bonchev–Trinajstić information content (AvgIpc) is 3.20. The monoisotopic (exact) mass is 380 g/mol. The molecule has 1 N–H and O–H groups in total. The fourth-order valence-electron chi connectivity index (χ4n) is 2.88. The first-order valence-electron chi connectivity index (χ1n) is 8.04. The van der Waals surface area contributed by atoms with Gasteiger partial charge in [-0.25, -0.2) is 0 Å². The first-order chi connectivity index (χ1) is 12.0. The van der Waals surface area contributed by atoms with Crippen LogP contribution in [-0.2, 0) is 22.6 Å². The number of furan rings is 1. The molecule has 2 amide bonds. The number of halogens is 2. The van der Waals surface area contributed by atoms with Crippen molar-refractivity contribution in [3.8, 4) is 0 Å². The van der Waals surface area contributed by atoms with E-state index in [1.807, 2.05) is 12.1 Å². The number of benzene rings is 1. The van der Waals surface area contributed by atoms with E-state index in [1.54, 1.807) is 29.4 Å². The molecule has 1 aromatic heterocycles. The van der Waals surface area contributed by atoms with E-state index in [2.05, 4.69) is 5.32 Å². The third-order valence-electron chi connectivity index (χ3n) is 4.22. The van der Waals surface area contributed by atoms with Gasteiger partial charge < -0.3 is 14.6 Å². The number of nitrogens with one attached hydrogen (secondary N) is 1. The smallest absolute Gasteiger partial charge is 0.225 e. The molecular weight excluding hydrogens is 363 g/mol. The highest BCUT2D eigenvalue weighted by Gasteiger charge is 2.34. The molecule has 1 atom stereocenters. The van der Waals surface area contributed by atoms with Gasteiger partial charge in [-0.2, -0.15) is 0 Å². The molecule has 0 spiro atoms. The first-order valence-corrected chi connectivity index (χ1v) is 8.80. The number of carbonyl (C=O) groups excluding carboxylic acids is 2. The molecule has 0 radical (unpaired) electrons. The van der Waals surface area contributed by atoms with Crippen LogP contribution in [-0.4, -0.2) is 29.8 Å². The second-order valence-corrected chi connectivity index (χ2v) is 6.88. The zero-order valence-electron chi connectivity index (χ0n) is 13.5. The second-order valence-electron chi connectivity index (χ2n) is 6.03. The lowest BCUT2D eigenvalue weighted by Crippen LogP contribution is -2.34. The molecule has 7 heteroatoms. The maximum atomic E-state index is 12.3. The van der Waals surface area contributed by atoms with E-state index in [9.17, 15) is 9.59 Å². The molecule has 132 valence electrons. The van der Waals surface area contributed by atoms with E-state index in [0.717, 1.165) is 5.56 Å². The van der Waals surface area contributed by atoms with Crippen LogP contribution in [0.25, 0.3) is 0 Å². The number of likely N-dealkylation sites (tertiary alicyclic amines) is 1. The van der Waals surface area contributed by atoms with Gasteiger partial charge in [0.05, 0.1) is 18.7 Å². The SMILES string of the molecule is O=C(NCCc1ccc(Cl)cc1Cl)[C@@H]1CC(=O)N(Cc2ccco2)C1. The highest BCUT2D eigenvalue weighted by Crippen LogP contribution is 2.22. The lowest BCUT2D eigenvalue weighted by Gasteiger charge is -2.15. The van der Waals surface area contributed by atoms with Crippen molar-refractivity contribution < 1.29 is 14.0 Å². The molecule has 2 heterocycles. The summed E-state index contributed by atoms with van der Waals surface area (Å²) in [6.07, 6.45) is 2.41. The van der Waals surface area contributed by atoms with E-state index in [0.29, 0.717) is 41.9 Å². The van der Waals surface area contributed by atoms with Crippen molar-refractivity contribution >= 4 is 35.0 Å². The molecule has 1 saturated heterocycles. The molecule has 25 heavy (non-hydrogen) atoms. The maximum absolute atomic E-state index is 12.3. The Labute approximate surface area is 155 Å². The van der Waals surface area contributed by atoms with Crippen LogP contribution in [0.3, 0.4) is 0 Å². The molecule has 1 aromatic carbocycles. The highest BCUT2D eigenvalue weighted by molar-refractivity contribution is 6.35.